The average Bonchev–Trinajstić information content (AvgIpc) is 3.15. The highest BCUT2D eigenvalue weighted by atomic mass is 16.5. The number of aromatic nitrogens is 2. The molecule has 6 heteroatoms. The normalized spacial score (nSPS) is 19.1. The van der Waals surface area contributed by atoms with Gasteiger partial charge in [0.15, 0.2) is 0 Å². The Balaban J connectivity index is 1.77. The molecule has 32 heavy (non-hydrogen) atoms. The van der Waals surface area contributed by atoms with E-state index in [2.05, 4.69) is 13.0 Å². The van der Waals surface area contributed by atoms with E-state index in [0.29, 0.717) is 18.5 Å². The summed E-state index contributed by atoms with van der Waals surface area (Å²) in [6.45, 7) is 8.64. The second kappa shape index (κ2) is 7.55. The first-order valence-corrected chi connectivity index (χ1v) is 11.4. The lowest BCUT2D eigenvalue weighted by atomic mass is 9.75. The van der Waals surface area contributed by atoms with Gasteiger partial charge in [-0.05, 0) is 49.9 Å². The number of aryl methyl sites for hydroxylation is 1. The Hall–Kier alpha value is -2.99. The van der Waals surface area contributed by atoms with Crippen molar-refractivity contribution in [1.29, 1.82) is 0 Å². The molecule has 6 nitrogen and oxygen atoms in total. The summed E-state index contributed by atoms with van der Waals surface area (Å²) in [7, 11) is 0. The molecule has 0 saturated carbocycles. The van der Waals surface area contributed by atoms with E-state index in [9.17, 15) is 9.59 Å². The van der Waals surface area contributed by atoms with E-state index in [1.807, 2.05) is 45.0 Å². The van der Waals surface area contributed by atoms with Crippen LogP contribution >= 0.6 is 0 Å². The fourth-order valence-corrected chi connectivity index (χ4v) is 5.14. The number of fused-ring (bicyclic) bond motifs is 5. The van der Waals surface area contributed by atoms with Crippen LogP contribution in [0, 0.1) is 0 Å². The molecule has 0 spiro atoms. The number of carbonyl (C=O) groups is 1. The maximum Gasteiger partial charge on any atom is 0.319 e. The van der Waals surface area contributed by atoms with E-state index < -0.39 is 5.41 Å². The van der Waals surface area contributed by atoms with Gasteiger partial charge >= 0.3 is 5.97 Å². The third kappa shape index (κ3) is 2.85. The maximum atomic E-state index is 13.6. The minimum absolute atomic E-state index is 0.00307. The number of esters is 1. The third-order valence-corrected chi connectivity index (χ3v) is 6.94. The van der Waals surface area contributed by atoms with E-state index in [4.69, 9.17) is 14.5 Å². The van der Waals surface area contributed by atoms with Gasteiger partial charge < -0.3 is 14.0 Å². The molecule has 0 fully saturated rings. The number of hydrogen-bond acceptors (Lipinski definition) is 5. The van der Waals surface area contributed by atoms with E-state index in [0.717, 1.165) is 39.8 Å². The number of pyridine rings is 2. The summed E-state index contributed by atoms with van der Waals surface area (Å²) in [4.78, 5) is 31.6. The molecule has 166 valence electrons. The van der Waals surface area contributed by atoms with Crippen LogP contribution in [0.2, 0.25) is 0 Å². The van der Waals surface area contributed by atoms with Gasteiger partial charge in [-0.3, -0.25) is 9.59 Å². The molecule has 0 saturated heterocycles. The molecule has 2 aromatic heterocycles. The van der Waals surface area contributed by atoms with Gasteiger partial charge in [-0.2, -0.15) is 0 Å². The van der Waals surface area contributed by atoms with Crippen molar-refractivity contribution in [3.05, 3.63) is 62.9 Å². The number of para-hydroxylation sites is 1. The maximum absolute atomic E-state index is 13.6. The number of rotatable bonds is 5. The Morgan fingerprint density at radius 3 is 2.69 bits per heavy atom. The van der Waals surface area contributed by atoms with Crippen LogP contribution in [0.5, 0.6) is 0 Å². The monoisotopic (exact) mass is 432 g/mol. The summed E-state index contributed by atoms with van der Waals surface area (Å²) in [5.41, 5.74) is 5.06. The van der Waals surface area contributed by atoms with Crippen molar-refractivity contribution in [2.24, 2.45) is 0 Å². The van der Waals surface area contributed by atoms with Crippen molar-refractivity contribution >= 4 is 16.9 Å². The Bertz CT molecular complexity index is 1310. The zero-order valence-electron chi connectivity index (χ0n) is 19.0. The molecule has 0 N–H and O–H groups in total. The number of nitrogens with zero attached hydrogens (tertiary/aromatic N) is 2. The fourth-order valence-electron chi connectivity index (χ4n) is 5.14. The summed E-state index contributed by atoms with van der Waals surface area (Å²) in [5, 5.41) is 1.13. The highest BCUT2D eigenvalue weighted by molar-refractivity contribution is 5.89. The summed E-state index contributed by atoms with van der Waals surface area (Å²) < 4.78 is 13.2. The van der Waals surface area contributed by atoms with Crippen molar-refractivity contribution in [1.82, 2.24) is 9.55 Å². The highest BCUT2D eigenvalue weighted by Crippen LogP contribution is 2.41. The van der Waals surface area contributed by atoms with Crippen molar-refractivity contribution in [3.8, 4) is 11.4 Å². The first kappa shape index (κ1) is 20.9. The standard InChI is InChI=1S/C26H28N2O4/c1-5-16-17-9-7-8-10-21(17)27-23-18(16)12-28-22(23)11-20-19(24(28)29)13-31-25(30)26(20,6-2)14-32-15(3)4/h7-11,15H,5-6,12-14H2,1-4H3/t26-/m0/s1. The fraction of sp³-hybridized carbons (Fsp3) is 0.423. The predicted octanol–water partition coefficient (Wildman–Crippen LogP) is 4.12. The van der Waals surface area contributed by atoms with Crippen molar-refractivity contribution in [3.63, 3.8) is 0 Å². The van der Waals surface area contributed by atoms with Crippen molar-refractivity contribution < 1.29 is 14.3 Å². The van der Waals surface area contributed by atoms with Crippen LogP contribution in [0.1, 0.15) is 56.4 Å². The largest absolute Gasteiger partial charge is 0.460 e. The molecule has 2 aliphatic rings. The van der Waals surface area contributed by atoms with Crippen LogP contribution in [0.4, 0.5) is 0 Å². The van der Waals surface area contributed by atoms with Gasteiger partial charge in [0, 0.05) is 10.9 Å². The molecule has 0 unspecified atom stereocenters. The number of ether oxygens (including phenoxy) is 2. The Morgan fingerprint density at radius 2 is 1.97 bits per heavy atom. The zero-order valence-corrected chi connectivity index (χ0v) is 19.0. The molecule has 1 atom stereocenters. The number of benzene rings is 1. The first-order chi connectivity index (χ1) is 15.4. The van der Waals surface area contributed by atoms with Crippen LogP contribution in [-0.2, 0) is 39.3 Å². The SMILES string of the molecule is CCc1c2c(nc3ccccc13)-c1cc3c(c(=O)n1C2)COC(=O)[C@@]3(CC)COC(C)C. The molecule has 0 radical (unpaired) electrons. The molecule has 1 aromatic carbocycles. The van der Waals surface area contributed by atoms with E-state index >= 15 is 0 Å². The summed E-state index contributed by atoms with van der Waals surface area (Å²) in [6, 6.07) is 10.1. The third-order valence-electron chi connectivity index (χ3n) is 6.94. The summed E-state index contributed by atoms with van der Waals surface area (Å²) in [5.74, 6) is -0.323. The van der Waals surface area contributed by atoms with Crippen LogP contribution < -0.4 is 5.56 Å². The lowest BCUT2D eigenvalue weighted by Gasteiger charge is -2.36. The predicted molar refractivity (Wildman–Crippen MR) is 123 cm³/mol. The summed E-state index contributed by atoms with van der Waals surface area (Å²) >= 11 is 0. The molecule has 0 aliphatic carbocycles. The second-order valence-corrected chi connectivity index (χ2v) is 8.97. The van der Waals surface area contributed by atoms with Crippen LogP contribution in [0.3, 0.4) is 0 Å². The van der Waals surface area contributed by atoms with Crippen LogP contribution in [0.15, 0.2) is 35.1 Å². The lowest BCUT2D eigenvalue weighted by Crippen LogP contribution is -2.48. The van der Waals surface area contributed by atoms with E-state index in [1.54, 1.807) is 4.57 Å². The zero-order chi connectivity index (χ0) is 22.6. The van der Waals surface area contributed by atoms with Gasteiger partial charge in [0.1, 0.15) is 12.0 Å². The highest BCUT2D eigenvalue weighted by Gasteiger charge is 2.47. The molecule has 5 rings (SSSR count). The molecule has 0 bridgehead atoms. The van der Waals surface area contributed by atoms with E-state index in [-0.39, 0.29) is 30.8 Å². The van der Waals surface area contributed by atoms with Crippen molar-refractivity contribution in [2.45, 2.75) is 65.2 Å². The molecule has 2 aliphatic heterocycles. The van der Waals surface area contributed by atoms with Gasteiger partial charge in [-0.1, -0.05) is 32.0 Å². The van der Waals surface area contributed by atoms with Gasteiger partial charge in [0.05, 0.1) is 41.7 Å². The quantitative estimate of drug-likeness (QED) is 0.444. The lowest BCUT2D eigenvalue weighted by molar-refractivity contribution is -0.158. The second-order valence-electron chi connectivity index (χ2n) is 8.97. The molecule has 4 heterocycles. The Labute approximate surface area is 187 Å². The minimum Gasteiger partial charge on any atom is -0.460 e. The first-order valence-electron chi connectivity index (χ1n) is 11.4. The van der Waals surface area contributed by atoms with E-state index in [1.165, 1.54) is 5.56 Å². The number of hydrogen-bond donors (Lipinski definition) is 0. The molecule has 0 amide bonds. The van der Waals surface area contributed by atoms with Crippen LogP contribution in [-0.4, -0.2) is 28.2 Å². The van der Waals surface area contributed by atoms with Gasteiger partial charge in [-0.15, -0.1) is 0 Å². The van der Waals surface area contributed by atoms with Gasteiger partial charge in [0.2, 0.25) is 0 Å². The molecule has 3 aromatic rings. The molecular formula is C26H28N2O4. The van der Waals surface area contributed by atoms with Gasteiger partial charge in [-0.25, -0.2) is 4.98 Å². The van der Waals surface area contributed by atoms with Gasteiger partial charge in [0.25, 0.3) is 5.56 Å². The number of cyclic esters (lactones) is 1. The molecular weight excluding hydrogens is 404 g/mol. The Kier molecular flexibility index (Phi) is 4.93. The average molecular weight is 433 g/mol. The summed E-state index contributed by atoms with van der Waals surface area (Å²) in [6.07, 6.45) is 1.32. The number of carbonyl (C=O) groups excluding carboxylic acids is 1. The smallest absolute Gasteiger partial charge is 0.319 e. The van der Waals surface area contributed by atoms with Crippen LogP contribution in [0.25, 0.3) is 22.3 Å². The Morgan fingerprint density at radius 1 is 1.19 bits per heavy atom. The topological polar surface area (TPSA) is 70.4 Å². The minimum atomic E-state index is -0.986. The van der Waals surface area contributed by atoms with Crippen molar-refractivity contribution in [2.75, 3.05) is 6.61 Å².